The lowest BCUT2D eigenvalue weighted by atomic mass is 10.1. The van der Waals surface area contributed by atoms with Crippen molar-refractivity contribution in [2.75, 3.05) is 13.2 Å². The van der Waals surface area contributed by atoms with Crippen LogP contribution in [0.4, 0.5) is 0 Å². The van der Waals surface area contributed by atoms with Crippen molar-refractivity contribution in [3.63, 3.8) is 0 Å². The van der Waals surface area contributed by atoms with Crippen LogP contribution in [0.15, 0.2) is 121 Å². The maximum atomic E-state index is 13.6. The van der Waals surface area contributed by atoms with E-state index in [-0.39, 0.29) is 56.6 Å². The number of phenolic OH excluding ortho intramolecular Hbond substituents is 5. The Morgan fingerprint density at radius 3 is 0.818 bits per heavy atom. The highest BCUT2D eigenvalue weighted by Crippen LogP contribution is 2.23. The van der Waals surface area contributed by atoms with Gasteiger partial charge in [-0.15, -0.1) is 0 Å². The van der Waals surface area contributed by atoms with E-state index in [2.05, 4.69) is 0 Å². The number of hydrogen-bond acceptors (Lipinski definition) is 15. The first-order valence-electron chi connectivity index (χ1n) is 16.3. The molecule has 15 heteroatoms. The quantitative estimate of drug-likeness (QED) is 0.0749. The van der Waals surface area contributed by atoms with Crippen molar-refractivity contribution in [3.05, 3.63) is 149 Å². The summed E-state index contributed by atoms with van der Waals surface area (Å²) in [6.07, 6.45) is -5.54. The lowest BCUT2D eigenvalue weighted by molar-refractivity contribution is -0.112. The monoisotopic (exact) mass is 752 g/mol. The second kappa shape index (κ2) is 17.8. The molecule has 0 fully saturated rings. The first kappa shape index (κ1) is 38.7. The minimum absolute atomic E-state index is 0.0304. The van der Waals surface area contributed by atoms with Crippen molar-refractivity contribution in [2.45, 2.75) is 18.3 Å². The molecule has 5 aromatic carbocycles. The van der Waals surface area contributed by atoms with Gasteiger partial charge in [-0.3, -0.25) is 0 Å². The molecule has 0 aliphatic carbocycles. The molecule has 0 radical (unpaired) electrons. The molecule has 0 bridgehead atoms. The Bertz CT molecular complexity index is 1990. The molecular formula is C40H32O15. The molecule has 0 aliphatic rings. The zero-order chi connectivity index (χ0) is 39.5. The molecule has 0 aliphatic heterocycles. The normalized spacial score (nSPS) is 11.8. The number of esters is 5. The number of rotatable bonds is 14. The highest BCUT2D eigenvalue weighted by Gasteiger charge is 2.41. The number of carbonyl (C=O) groups excluding carboxylic acids is 5. The van der Waals surface area contributed by atoms with Gasteiger partial charge in [0.05, 0.1) is 27.8 Å². The maximum absolute atomic E-state index is 13.6. The van der Waals surface area contributed by atoms with Crippen molar-refractivity contribution in [2.24, 2.45) is 0 Å². The number of hydrogen-bond donors (Lipinski definition) is 5. The van der Waals surface area contributed by atoms with E-state index in [9.17, 15) is 49.5 Å². The van der Waals surface area contributed by atoms with Crippen LogP contribution in [-0.4, -0.2) is 86.9 Å². The van der Waals surface area contributed by atoms with Crippen molar-refractivity contribution < 1.29 is 73.2 Å². The van der Waals surface area contributed by atoms with Crippen LogP contribution in [0.3, 0.4) is 0 Å². The lowest BCUT2D eigenvalue weighted by Gasteiger charge is -2.32. The minimum Gasteiger partial charge on any atom is -0.508 e. The van der Waals surface area contributed by atoms with Crippen LogP contribution in [0.5, 0.6) is 28.7 Å². The molecule has 5 rings (SSSR count). The maximum Gasteiger partial charge on any atom is 0.338 e. The van der Waals surface area contributed by atoms with Gasteiger partial charge in [-0.1, -0.05) is 0 Å². The van der Waals surface area contributed by atoms with Crippen molar-refractivity contribution in [3.8, 4) is 28.7 Å². The Labute approximate surface area is 312 Å². The molecule has 15 nitrogen and oxygen atoms in total. The van der Waals surface area contributed by atoms with Gasteiger partial charge in [0.2, 0.25) is 0 Å². The number of carbonyl (C=O) groups is 5. The fourth-order valence-electron chi connectivity index (χ4n) is 4.86. The SMILES string of the molecule is O=C(OC[C@H](OC(=O)c1ccc(O)cc1)C(OC(=O)c1ccc(O)cc1)[C@H](COC(=O)c1ccc(O)cc1)OC(=O)c1ccc(O)cc1)c1ccc(O)cc1. The summed E-state index contributed by atoms with van der Waals surface area (Å²) in [5.74, 6) is -5.98. The van der Waals surface area contributed by atoms with Crippen LogP contribution in [0.1, 0.15) is 51.8 Å². The molecule has 0 saturated carbocycles. The van der Waals surface area contributed by atoms with E-state index in [1.807, 2.05) is 0 Å². The van der Waals surface area contributed by atoms with E-state index >= 15 is 0 Å². The minimum atomic E-state index is -1.91. The van der Waals surface area contributed by atoms with E-state index in [1.54, 1.807) is 0 Å². The Balaban J connectivity index is 1.56. The molecule has 0 unspecified atom stereocenters. The molecule has 0 heterocycles. The second-order valence-corrected chi connectivity index (χ2v) is 11.7. The van der Waals surface area contributed by atoms with Gasteiger partial charge in [-0.05, 0) is 121 Å². The summed E-state index contributed by atoms with van der Waals surface area (Å²) in [5.41, 5.74) is -0.396. The summed E-state index contributed by atoms with van der Waals surface area (Å²) >= 11 is 0. The molecule has 2 atom stereocenters. The molecule has 5 N–H and O–H groups in total. The van der Waals surface area contributed by atoms with E-state index in [0.29, 0.717) is 0 Å². The predicted octanol–water partition coefficient (Wildman–Crippen LogP) is 4.91. The topological polar surface area (TPSA) is 233 Å². The van der Waals surface area contributed by atoms with Gasteiger partial charge in [0.15, 0.2) is 18.3 Å². The number of aromatic hydroxyl groups is 5. The highest BCUT2D eigenvalue weighted by atomic mass is 16.6. The van der Waals surface area contributed by atoms with Crippen LogP contribution in [0.25, 0.3) is 0 Å². The average Bonchev–Trinajstić information content (AvgIpc) is 3.18. The third-order valence-corrected chi connectivity index (χ3v) is 7.77. The molecule has 0 saturated heterocycles. The van der Waals surface area contributed by atoms with E-state index in [0.717, 1.165) is 0 Å². The van der Waals surface area contributed by atoms with Gasteiger partial charge in [0.1, 0.15) is 42.0 Å². The fraction of sp³-hybridized carbons (Fsp3) is 0.125. The number of ether oxygens (including phenoxy) is 5. The van der Waals surface area contributed by atoms with Crippen molar-refractivity contribution in [1.29, 1.82) is 0 Å². The van der Waals surface area contributed by atoms with Crippen LogP contribution >= 0.6 is 0 Å². The molecule has 0 amide bonds. The van der Waals surface area contributed by atoms with E-state index in [1.165, 1.54) is 121 Å². The Morgan fingerprint density at radius 2 is 0.564 bits per heavy atom. The van der Waals surface area contributed by atoms with Gasteiger partial charge < -0.3 is 49.2 Å². The molecule has 5 aromatic rings. The summed E-state index contributed by atoms with van der Waals surface area (Å²) in [4.78, 5) is 66.9. The standard InChI is InChI=1S/C40H32O15/c41-28-11-1-23(2-12-28)36(46)51-21-33(53-38(48)25-5-15-30(43)16-6-25)35(55-40(50)27-9-19-32(45)20-10-27)34(54-39(49)26-7-17-31(44)18-8-26)22-52-37(47)24-3-13-29(42)14-4-24/h1-20,33-35,41-45H,21-22H2/t33-,34-/m0/s1. The molecule has 0 spiro atoms. The fourth-order valence-corrected chi connectivity index (χ4v) is 4.86. The van der Waals surface area contributed by atoms with Crippen LogP contribution < -0.4 is 0 Å². The van der Waals surface area contributed by atoms with Gasteiger partial charge in [0, 0.05) is 0 Å². The zero-order valence-electron chi connectivity index (χ0n) is 28.5. The first-order chi connectivity index (χ1) is 26.4. The first-order valence-corrected chi connectivity index (χ1v) is 16.3. The van der Waals surface area contributed by atoms with Gasteiger partial charge in [-0.25, -0.2) is 24.0 Å². The van der Waals surface area contributed by atoms with Crippen LogP contribution in [-0.2, 0) is 23.7 Å². The largest absolute Gasteiger partial charge is 0.508 e. The summed E-state index contributed by atoms with van der Waals surface area (Å²) < 4.78 is 28.2. The number of benzene rings is 5. The zero-order valence-corrected chi connectivity index (χ0v) is 28.5. The van der Waals surface area contributed by atoms with Gasteiger partial charge in [-0.2, -0.15) is 0 Å². The number of phenols is 5. The van der Waals surface area contributed by atoms with E-state index in [4.69, 9.17) is 23.7 Å². The third-order valence-electron chi connectivity index (χ3n) is 7.77. The van der Waals surface area contributed by atoms with Gasteiger partial charge >= 0.3 is 29.8 Å². The molecule has 282 valence electrons. The summed E-state index contributed by atoms with van der Waals surface area (Å²) in [7, 11) is 0. The Kier molecular flexibility index (Phi) is 12.5. The Morgan fingerprint density at radius 1 is 0.345 bits per heavy atom. The van der Waals surface area contributed by atoms with Crippen molar-refractivity contribution >= 4 is 29.8 Å². The third kappa shape index (κ3) is 10.7. The van der Waals surface area contributed by atoms with E-state index < -0.39 is 61.4 Å². The van der Waals surface area contributed by atoms with Crippen LogP contribution in [0, 0.1) is 0 Å². The molecular weight excluding hydrogens is 720 g/mol. The summed E-state index contributed by atoms with van der Waals surface area (Å²) in [6, 6.07) is 24.4. The predicted molar refractivity (Wildman–Crippen MR) is 189 cm³/mol. The average molecular weight is 753 g/mol. The molecule has 0 aromatic heterocycles. The highest BCUT2D eigenvalue weighted by molar-refractivity contribution is 5.92. The summed E-state index contributed by atoms with van der Waals surface area (Å²) in [5, 5.41) is 48.6. The van der Waals surface area contributed by atoms with Crippen molar-refractivity contribution in [1.82, 2.24) is 0 Å². The molecule has 55 heavy (non-hydrogen) atoms. The Hall–Kier alpha value is -7.55. The lowest BCUT2D eigenvalue weighted by Crippen LogP contribution is -2.50. The summed E-state index contributed by atoms with van der Waals surface area (Å²) in [6.45, 7) is -1.70. The smallest absolute Gasteiger partial charge is 0.338 e. The second-order valence-electron chi connectivity index (χ2n) is 11.7. The van der Waals surface area contributed by atoms with Crippen LogP contribution in [0.2, 0.25) is 0 Å². The van der Waals surface area contributed by atoms with Gasteiger partial charge in [0.25, 0.3) is 0 Å².